The minimum absolute atomic E-state index is 0.229. The number of Topliss-reactive ketones (excluding diaryl/α,β-unsaturated/α-hetero) is 1. The molecule has 0 spiro atoms. The van der Waals surface area contributed by atoms with Crippen LogP contribution in [0.2, 0.25) is 0 Å². The maximum absolute atomic E-state index is 11.9. The quantitative estimate of drug-likeness (QED) is 0.728. The van der Waals surface area contributed by atoms with Crippen molar-refractivity contribution in [1.29, 1.82) is 0 Å². The molecular weight excluding hydrogens is 174 g/mol. The van der Waals surface area contributed by atoms with Gasteiger partial charge in [0.25, 0.3) is 0 Å². The largest absolute Gasteiger partial charge is 0.316 e. The Kier molecular flexibility index (Phi) is 2.91. The van der Waals surface area contributed by atoms with Crippen molar-refractivity contribution in [3.8, 4) is 0 Å². The Bertz CT molecular complexity index is 212. The predicted octanol–water partition coefficient (Wildman–Crippen LogP) is 1.85. The fourth-order valence-electron chi connectivity index (χ4n) is 3.09. The molecule has 0 radical (unpaired) electrons. The summed E-state index contributed by atoms with van der Waals surface area (Å²) >= 11 is 0. The molecule has 2 atom stereocenters. The third-order valence-electron chi connectivity index (χ3n) is 3.74. The smallest absolute Gasteiger partial charge is 0.138 e. The number of fused-ring (bicyclic) bond motifs is 2. The lowest BCUT2D eigenvalue weighted by atomic mass is 9.70. The van der Waals surface area contributed by atoms with Crippen molar-refractivity contribution in [2.75, 3.05) is 13.1 Å². The van der Waals surface area contributed by atoms with Crippen LogP contribution in [-0.2, 0) is 4.79 Å². The molecule has 1 N–H and O–H groups in total. The van der Waals surface area contributed by atoms with Gasteiger partial charge in [-0.3, -0.25) is 4.79 Å². The average molecular weight is 195 g/mol. The molecule has 0 amide bonds. The van der Waals surface area contributed by atoms with Crippen LogP contribution in [0.5, 0.6) is 0 Å². The molecule has 2 rings (SSSR count). The average Bonchev–Trinajstić information content (AvgIpc) is 2.15. The van der Waals surface area contributed by atoms with E-state index in [1.54, 1.807) is 0 Å². The molecule has 1 aliphatic carbocycles. The van der Waals surface area contributed by atoms with Crippen molar-refractivity contribution < 1.29 is 4.79 Å². The molecule has 1 saturated heterocycles. The summed E-state index contributed by atoms with van der Waals surface area (Å²) in [6.45, 7) is 6.34. The van der Waals surface area contributed by atoms with E-state index in [0.29, 0.717) is 11.7 Å². The maximum Gasteiger partial charge on any atom is 0.138 e. The highest BCUT2D eigenvalue weighted by Gasteiger charge is 2.35. The third-order valence-corrected chi connectivity index (χ3v) is 3.74. The van der Waals surface area contributed by atoms with Gasteiger partial charge in [-0.25, -0.2) is 0 Å². The Morgan fingerprint density at radius 3 is 2.21 bits per heavy atom. The summed E-state index contributed by atoms with van der Waals surface area (Å²) in [4.78, 5) is 11.9. The lowest BCUT2D eigenvalue weighted by Crippen LogP contribution is -2.43. The van der Waals surface area contributed by atoms with E-state index in [9.17, 15) is 4.79 Å². The van der Waals surface area contributed by atoms with E-state index >= 15 is 0 Å². The number of carbonyl (C=O) groups excluding carboxylic acids is 1. The van der Waals surface area contributed by atoms with Crippen molar-refractivity contribution in [3.05, 3.63) is 0 Å². The molecule has 1 aliphatic heterocycles. The van der Waals surface area contributed by atoms with E-state index < -0.39 is 0 Å². The van der Waals surface area contributed by atoms with Crippen molar-refractivity contribution in [3.63, 3.8) is 0 Å². The number of piperidine rings is 1. The van der Waals surface area contributed by atoms with Crippen molar-refractivity contribution in [2.24, 2.45) is 23.7 Å². The fraction of sp³-hybridized carbons (Fsp3) is 0.917. The van der Waals surface area contributed by atoms with E-state index in [2.05, 4.69) is 5.32 Å². The lowest BCUT2D eigenvalue weighted by Gasteiger charge is -2.39. The van der Waals surface area contributed by atoms with Gasteiger partial charge in [-0.1, -0.05) is 13.8 Å². The van der Waals surface area contributed by atoms with Crippen LogP contribution in [0.1, 0.15) is 33.1 Å². The molecule has 2 fully saturated rings. The van der Waals surface area contributed by atoms with Crippen LogP contribution in [0.15, 0.2) is 0 Å². The summed E-state index contributed by atoms with van der Waals surface area (Å²) in [6, 6.07) is 0. The zero-order valence-electron chi connectivity index (χ0n) is 9.25. The van der Waals surface area contributed by atoms with Crippen LogP contribution in [-0.4, -0.2) is 18.9 Å². The predicted molar refractivity (Wildman–Crippen MR) is 57.0 cm³/mol. The Hall–Kier alpha value is -0.370. The summed E-state index contributed by atoms with van der Waals surface area (Å²) in [5.41, 5.74) is 0. The van der Waals surface area contributed by atoms with Crippen LogP contribution in [0, 0.1) is 23.7 Å². The Morgan fingerprint density at radius 1 is 1.14 bits per heavy atom. The van der Waals surface area contributed by atoms with Crippen LogP contribution in [0.3, 0.4) is 0 Å². The van der Waals surface area contributed by atoms with Crippen molar-refractivity contribution >= 4 is 5.78 Å². The van der Waals surface area contributed by atoms with Gasteiger partial charge in [0.2, 0.25) is 0 Å². The summed E-state index contributed by atoms with van der Waals surface area (Å²) < 4.78 is 0. The normalized spacial score (nSPS) is 37.2. The molecular formula is C12H21NO. The molecule has 14 heavy (non-hydrogen) atoms. The van der Waals surface area contributed by atoms with E-state index in [1.807, 2.05) is 13.8 Å². The Balaban J connectivity index is 1.98. The SMILES string of the molecule is CC(C)C(=O)C1CC2CNCC(C2)C1. The lowest BCUT2D eigenvalue weighted by molar-refractivity contribution is -0.128. The number of rotatable bonds is 2. The van der Waals surface area contributed by atoms with Gasteiger partial charge in [-0.05, 0) is 44.2 Å². The van der Waals surface area contributed by atoms with E-state index in [-0.39, 0.29) is 5.92 Å². The highest BCUT2D eigenvalue weighted by atomic mass is 16.1. The molecule has 0 aromatic carbocycles. The molecule has 80 valence electrons. The van der Waals surface area contributed by atoms with Crippen LogP contribution in [0.25, 0.3) is 0 Å². The van der Waals surface area contributed by atoms with Gasteiger partial charge in [0.15, 0.2) is 0 Å². The summed E-state index contributed by atoms with van der Waals surface area (Å²) in [7, 11) is 0. The minimum Gasteiger partial charge on any atom is -0.316 e. The molecule has 1 heterocycles. The summed E-state index contributed by atoms with van der Waals surface area (Å²) in [5, 5.41) is 3.46. The van der Waals surface area contributed by atoms with Crippen LogP contribution in [0.4, 0.5) is 0 Å². The van der Waals surface area contributed by atoms with Gasteiger partial charge < -0.3 is 5.32 Å². The first-order chi connectivity index (χ1) is 6.66. The van der Waals surface area contributed by atoms with Gasteiger partial charge in [-0.15, -0.1) is 0 Å². The maximum atomic E-state index is 11.9. The number of ketones is 1. The Labute approximate surface area is 86.5 Å². The monoisotopic (exact) mass is 195 g/mol. The van der Waals surface area contributed by atoms with Gasteiger partial charge in [0.1, 0.15) is 5.78 Å². The number of hydrogen-bond acceptors (Lipinski definition) is 2. The van der Waals surface area contributed by atoms with Gasteiger partial charge in [0.05, 0.1) is 0 Å². The second-order valence-corrected chi connectivity index (χ2v) is 5.35. The highest BCUT2D eigenvalue weighted by molar-refractivity contribution is 5.82. The second kappa shape index (κ2) is 4.01. The molecule has 0 aromatic heterocycles. The zero-order chi connectivity index (χ0) is 10.1. The van der Waals surface area contributed by atoms with Gasteiger partial charge in [-0.2, -0.15) is 0 Å². The molecule has 2 nitrogen and oxygen atoms in total. The fourth-order valence-corrected chi connectivity index (χ4v) is 3.09. The number of hydrogen-bond donors (Lipinski definition) is 1. The topological polar surface area (TPSA) is 29.1 Å². The van der Waals surface area contributed by atoms with Gasteiger partial charge >= 0.3 is 0 Å². The Morgan fingerprint density at radius 2 is 1.71 bits per heavy atom. The third kappa shape index (κ3) is 2.00. The summed E-state index contributed by atoms with van der Waals surface area (Å²) in [6.07, 6.45) is 3.63. The van der Waals surface area contributed by atoms with Crippen LogP contribution < -0.4 is 5.32 Å². The molecule has 1 saturated carbocycles. The van der Waals surface area contributed by atoms with Crippen molar-refractivity contribution in [1.82, 2.24) is 5.32 Å². The molecule has 2 bridgehead atoms. The number of nitrogens with one attached hydrogen (secondary N) is 1. The van der Waals surface area contributed by atoms with E-state index in [1.165, 1.54) is 6.42 Å². The zero-order valence-corrected chi connectivity index (χ0v) is 9.25. The first-order valence-corrected chi connectivity index (χ1v) is 5.91. The standard InChI is InChI=1S/C12H21NO/c1-8(2)12(14)11-4-9-3-10(5-11)7-13-6-9/h8-11,13H,3-7H2,1-2H3. The minimum atomic E-state index is 0.229. The molecule has 2 unspecified atom stereocenters. The first kappa shape index (κ1) is 10.2. The van der Waals surface area contributed by atoms with Crippen LogP contribution >= 0.6 is 0 Å². The van der Waals surface area contributed by atoms with Crippen molar-refractivity contribution in [2.45, 2.75) is 33.1 Å². The highest BCUT2D eigenvalue weighted by Crippen LogP contribution is 2.36. The second-order valence-electron chi connectivity index (χ2n) is 5.35. The first-order valence-electron chi connectivity index (χ1n) is 5.91. The molecule has 2 heteroatoms. The van der Waals surface area contributed by atoms with E-state index in [0.717, 1.165) is 37.8 Å². The van der Waals surface area contributed by atoms with Gasteiger partial charge in [0, 0.05) is 11.8 Å². The molecule has 2 aliphatic rings. The number of carbonyl (C=O) groups is 1. The van der Waals surface area contributed by atoms with E-state index in [4.69, 9.17) is 0 Å². The summed E-state index contributed by atoms with van der Waals surface area (Å²) in [5.74, 6) is 2.65. The molecule has 0 aromatic rings.